The van der Waals surface area contributed by atoms with Crippen LogP contribution in [-0.2, 0) is 14.3 Å². The summed E-state index contributed by atoms with van der Waals surface area (Å²) in [5.74, 6) is -1.49. The predicted octanol–water partition coefficient (Wildman–Crippen LogP) is 3.63. The van der Waals surface area contributed by atoms with Crippen molar-refractivity contribution in [2.45, 2.75) is 19.9 Å². The van der Waals surface area contributed by atoms with Crippen LogP contribution < -0.4 is 10.6 Å². The van der Waals surface area contributed by atoms with Gasteiger partial charge in [0, 0.05) is 5.02 Å². The summed E-state index contributed by atoms with van der Waals surface area (Å²) in [6.07, 6.45) is 0. The lowest BCUT2D eigenvalue weighted by Gasteiger charge is -2.29. The largest absolute Gasteiger partial charge is 0.463 e. The van der Waals surface area contributed by atoms with Gasteiger partial charge in [-0.2, -0.15) is 0 Å². The first-order valence-corrected chi connectivity index (χ1v) is 10.5. The van der Waals surface area contributed by atoms with Crippen molar-refractivity contribution in [2.75, 3.05) is 13.2 Å². The van der Waals surface area contributed by atoms with Crippen molar-refractivity contribution in [3.8, 4) is 0 Å². The molecule has 8 nitrogen and oxygen atoms in total. The number of rotatable bonds is 7. The molecule has 31 heavy (non-hydrogen) atoms. The van der Waals surface area contributed by atoms with Gasteiger partial charge in [-0.25, -0.2) is 14.4 Å². The molecule has 0 bridgehead atoms. The predicted molar refractivity (Wildman–Crippen MR) is 114 cm³/mol. The lowest BCUT2D eigenvalue weighted by Crippen LogP contribution is -2.47. The fourth-order valence-electron chi connectivity index (χ4n) is 2.93. The second kappa shape index (κ2) is 9.76. The van der Waals surface area contributed by atoms with E-state index < -0.39 is 24.0 Å². The highest BCUT2D eigenvalue weighted by Gasteiger charge is 2.34. The number of amides is 2. The summed E-state index contributed by atoms with van der Waals surface area (Å²) in [6.45, 7) is 2.82. The van der Waals surface area contributed by atoms with Gasteiger partial charge in [0.2, 0.25) is 0 Å². The van der Waals surface area contributed by atoms with Gasteiger partial charge < -0.3 is 20.1 Å². The molecule has 1 aromatic heterocycles. The Balaban J connectivity index is 1.89. The summed E-state index contributed by atoms with van der Waals surface area (Å²) < 4.78 is 10.5. The van der Waals surface area contributed by atoms with Crippen LogP contribution in [-0.4, -0.2) is 37.0 Å². The van der Waals surface area contributed by atoms with Gasteiger partial charge in [-0.1, -0.05) is 23.7 Å². The number of esters is 2. The smallest absolute Gasteiger partial charge is 0.348 e. The molecule has 162 valence electrons. The molecule has 0 aliphatic carbocycles. The number of halogens is 1. The Hall–Kier alpha value is -3.17. The molecule has 2 N–H and O–H groups in total. The third-order valence-corrected chi connectivity index (χ3v) is 5.77. The maximum Gasteiger partial charge on any atom is 0.348 e. The molecule has 0 saturated heterocycles. The van der Waals surface area contributed by atoms with Crippen LogP contribution in [0.4, 0.5) is 4.79 Å². The van der Waals surface area contributed by atoms with E-state index in [0.29, 0.717) is 15.5 Å². The van der Waals surface area contributed by atoms with Gasteiger partial charge in [0.15, 0.2) is 5.78 Å². The molecule has 0 fully saturated rings. The summed E-state index contributed by atoms with van der Waals surface area (Å²) in [4.78, 5) is 49.4. The second-order valence-corrected chi connectivity index (χ2v) is 8.01. The van der Waals surface area contributed by atoms with E-state index in [2.05, 4.69) is 10.6 Å². The molecule has 1 unspecified atom stereocenters. The minimum Gasteiger partial charge on any atom is -0.463 e. The first kappa shape index (κ1) is 22.5. The van der Waals surface area contributed by atoms with Crippen LogP contribution >= 0.6 is 22.9 Å². The number of benzene rings is 1. The minimum atomic E-state index is -0.815. The van der Waals surface area contributed by atoms with Gasteiger partial charge in [0.05, 0.1) is 28.8 Å². The molecule has 10 heteroatoms. The van der Waals surface area contributed by atoms with Crippen LogP contribution in [0.3, 0.4) is 0 Å². The molecular weight excluding hydrogens is 444 g/mol. The molecular formula is C21H19ClN2O6S. The van der Waals surface area contributed by atoms with Crippen molar-refractivity contribution < 1.29 is 28.7 Å². The first-order chi connectivity index (χ1) is 14.8. The molecule has 1 atom stereocenters. The maximum atomic E-state index is 12.7. The quantitative estimate of drug-likeness (QED) is 0.480. The van der Waals surface area contributed by atoms with Gasteiger partial charge in [-0.05, 0) is 43.7 Å². The van der Waals surface area contributed by atoms with E-state index >= 15 is 0 Å². The standard InChI is InChI=1S/C21H19ClN2O6S/c1-3-29-20(27)17-14(10-30-19(26)16-9-8-15(31-16)11(2)25)23-21(28)24-18(17)12-4-6-13(22)7-5-12/h4-9,18H,3,10H2,1-2H3,(H2,23,24,28). The van der Waals surface area contributed by atoms with E-state index in [0.717, 1.165) is 11.3 Å². The van der Waals surface area contributed by atoms with E-state index in [4.69, 9.17) is 21.1 Å². The minimum absolute atomic E-state index is 0.110. The average Bonchev–Trinajstić information content (AvgIpc) is 3.23. The average molecular weight is 463 g/mol. The SMILES string of the molecule is CCOC(=O)C1=C(COC(=O)c2ccc(C(C)=O)s2)NC(=O)NC1c1ccc(Cl)cc1. The Bertz CT molecular complexity index is 1060. The van der Waals surface area contributed by atoms with Crippen LogP contribution in [0, 0.1) is 0 Å². The number of hydrogen-bond donors (Lipinski definition) is 2. The van der Waals surface area contributed by atoms with Crippen molar-refractivity contribution in [3.63, 3.8) is 0 Å². The van der Waals surface area contributed by atoms with Crippen LogP contribution in [0.15, 0.2) is 47.7 Å². The zero-order chi connectivity index (χ0) is 22.5. The summed E-state index contributed by atoms with van der Waals surface area (Å²) in [6, 6.07) is 8.28. The molecule has 1 aliphatic heterocycles. The highest BCUT2D eigenvalue weighted by atomic mass is 35.5. The Morgan fingerprint density at radius 1 is 1.03 bits per heavy atom. The second-order valence-electron chi connectivity index (χ2n) is 6.49. The Morgan fingerprint density at radius 3 is 2.32 bits per heavy atom. The molecule has 0 spiro atoms. The molecule has 1 aliphatic rings. The van der Waals surface area contributed by atoms with Gasteiger partial charge in [0.1, 0.15) is 11.5 Å². The van der Waals surface area contributed by atoms with Crippen LogP contribution in [0.2, 0.25) is 5.02 Å². The maximum absolute atomic E-state index is 12.7. The number of hydrogen-bond acceptors (Lipinski definition) is 7. The number of Topliss-reactive ketones (excluding diaryl/α,β-unsaturated/α-hetero) is 1. The molecule has 0 radical (unpaired) electrons. The van der Waals surface area contributed by atoms with E-state index in [1.54, 1.807) is 31.2 Å². The summed E-state index contributed by atoms with van der Waals surface area (Å²) in [5, 5.41) is 5.70. The lowest BCUT2D eigenvalue weighted by molar-refractivity contribution is -0.139. The van der Waals surface area contributed by atoms with Gasteiger partial charge in [-0.15, -0.1) is 11.3 Å². The number of thiophene rings is 1. The topological polar surface area (TPSA) is 111 Å². The third-order valence-electron chi connectivity index (χ3n) is 4.35. The number of carbonyl (C=O) groups excluding carboxylic acids is 4. The third kappa shape index (κ3) is 5.31. The highest BCUT2D eigenvalue weighted by Crippen LogP contribution is 2.29. The molecule has 3 rings (SSSR count). The fraction of sp³-hybridized carbons (Fsp3) is 0.238. The number of nitrogens with one attached hydrogen (secondary N) is 2. The van der Waals surface area contributed by atoms with Crippen molar-refractivity contribution in [1.82, 2.24) is 10.6 Å². The van der Waals surface area contributed by atoms with E-state index in [1.807, 2.05) is 0 Å². The molecule has 2 heterocycles. The molecule has 2 aromatic rings. The lowest BCUT2D eigenvalue weighted by atomic mass is 9.95. The normalized spacial score (nSPS) is 15.7. The van der Waals surface area contributed by atoms with Crippen LogP contribution in [0.1, 0.15) is 44.8 Å². The molecule has 2 amide bonds. The summed E-state index contributed by atoms with van der Waals surface area (Å²) >= 11 is 6.95. The van der Waals surface area contributed by atoms with Crippen molar-refractivity contribution >= 4 is 46.7 Å². The number of urea groups is 1. The van der Waals surface area contributed by atoms with Gasteiger partial charge >= 0.3 is 18.0 Å². The molecule has 1 aromatic carbocycles. The number of carbonyl (C=O) groups is 4. The zero-order valence-electron chi connectivity index (χ0n) is 16.7. The van der Waals surface area contributed by atoms with Gasteiger partial charge in [0.25, 0.3) is 0 Å². The Morgan fingerprint density at radius 2 is 1.71 bits per heavy atom. The van der Waals surface area contributed by atoms with Crippen molar-refractivity contribution in [3.05, 3.63) is 68.0 Å². The van der Waals surface area contributed by atoms with Crippen LogP contribution in [0.5, 0.6) is 0 Å². The van der Waals surface area contributed by atoms with E-state index in [1.165, 1.54) is 19.1 Å². The zero-order valence-corrected chi connectivity index (χ0v) is 18.3. The van der Waals surface area contributed by atoms with E-state index in [-0.39, 0.29) is 35.1 Å². The Labute approximate surface area is 187 Å². The summed E-state index contributed by atoms with van der Waals surface area (Å²) in [5.41, 5.74) is 0.835. The Kier molecular flexibility index (Phi) is 7.09. The van der Waals surface area contributed by atoms with E-state index in [9.17, 15) is 19.2 Å². The number of ether oxygens (including phenoxy) is 2. The summed E-state index contributed by atoms with van der Waals surface area (Å²) in [7, 11) is 0. The van der Waals surface area contributed by atoms with Crippen molar-refractivity contribution in [1.29, 1.82) is 0 Å². The number of ketones is 1. The molecule has 0 saturated carbocycles. The van der Waals surface area contributed by atoms with Crippen LogP contribution in [0.25, 0.3) is 0 Å². The monoisotopic (exact) mass is 462 g/mol. The fourth-order valence-corrected chi connectivity index (χ4v) is 3.85. The first-order valence-electron chi connectivity index (χ1n) is 9.31. The van der Waals surface area contributed by atoms with Crippen molar-refractivity contribution in [2.24, 2.45) is 0 Å². The highest BCUT2D eigenvalue weighted by molar-refractivity contribution is 7.15. The van der Waals surface area contributed by atoms with Gasteiger partial charge in [-0.3, -0.25) is 4.79 Å².